The number of nitrogens with one attached hydrogen (secondary N) is 1. The molecule has 2 rings (SSSR count). The van der Waals surface area contributed by atoms with Crippen LogP contribution in [-0.4, -0.2) is 29.0 Å². The van der Waals surface area contributed by atoms with E-state index < -0.39 is 0 Å². The van der Waals surface area contributed by atoms with Crippen LogP contribution in [0.25, 0.3) is 0 Å². The first kappa shape index (κ1) is 14.2. The van der Waals surface area contributed by atoms with Crippen molar-refractivity contribution in [3.63, 3.8) is 0 Å². The van der Waals surface area contributed by atoms with Crippen molar-refractivity contribution in [2.45, 2.75) is 36.6 Å². The Kier molecular flexibility index (Phi) is 4.69. The molecule has 0 radical (unpaired) electrons. The Morgan fingerprint density at radius 2 is 2.16 bits per heavy atom. The molecule has 0 saturated heterocycles. The zero-order valence-corrected chi connectivity index (χ0v) is 12.4. The molecule has 5 heteroatoms. The standard InChI is InChI=1S/C14H18BrNO3/c1-19-12-8-4-5-9(13(12)17)14(18)16-11-7-3-2-6-10(11)15/h4-5,8,10-11,17H,2-3,6-7H2,1H3,(H,16,18). The molecule has 4 nitrogen and oxygen atoms in total. The molecule has 0 spiro atoms. The Labute approximate surface area is 121 Å². The zero-order valence-electron chi connectivity index (χ0n) is 10.9. The largest absolute Gasteiger partial charge is 0.504 e. The molecule has 1 aliphatic rings. The van der Waals surface area contributed by atoms with Crippen molar-refractivity contribution in [2.24, 2.45) is 0 Å². The van der Waals surface area contributed by atoms with Crippen LogP contribution in [0.4, 0.5) is 0 Å². The van der Waals surface area contributed by atoms with E-state index in [1.807, 2.05) is 0 Å². The smallest absolute Gasteiger partial charge is 0.255 e. The number of aromatic hydroxyl groups is 1. The Bertz CT molecular complexity index is 464. The van der Waals surface area contributed by atoms with Gasteiger partial charge in [0.2, 0.25) is 0 Å². The van der Waals surface area contributed by atoms with Gasteiger partial charge in [0.15, 0.2) is 11.5 Å². The number of carbonyl (C=O) groups excluding carboxylic acids is 1. The summed E-state index contributed by atoms with van der Waals surface area (Å²) in [5.74, 6) is -0.0520. The van der Waals surface area contributed by atoms with Gasteiger partial charge in [0.25, 0.3) is 5.91 Å². The lowest BCUT2D eigenvalue weighted by Gasteiger charge is -2.28. The Morgan fingerprint density at radius 3 is 2.84 bits per heavy atom. The van der Waals surface area contributed by atoms with E-state index in [9.17, 15) is 9.90 Å². The highest BCUT2D eigenvalue weighted by molar-refractivity contribution is 9.09. The maximum Gasteiger partial charge on any atom is 0.255 e. The highest BCUT2D eigenvalue weighted by atomic mass is 79.9. The van der Waals surface area contributed by atoms with Crippen LogP contribution in [0.2, 0.25) is 0 Å². The van der Waals surface area contributed by atoms with Gasteiger partial charge in [-0.2, -0.15) is 0 Å². The second-order valence-electron chi connectivity index (χ2n) is 4.74. The molecule has 104 valence electrons. The first-order valence-corrected chi connectivity index (χ1v) is 7.36. The van der Waals surface area contributed by atoms with Crippen LogP contribution in [0.5, 0.6) is 11.5 Å². The molecule has 1 amide bonds. The topological polar surface area (TPSA) is 58.6 Å². The predicted molar refractivity (Wildman–Crippen MR) is 77.1 cm³/mol. The molecule has 0 aliphatic heterocycles. The molecule has 0 heterocycles. The van der Waals surface area contributed by atoms with Gasteiger partial charge in [-0.3, -0.25) is 4.79 Å². The van der Waals surface area contributed by atoms with Crippen LogP contribution >= 0.6 is 15.9 Å². The van der Waals surface area contributed by atoms with Gasteiger partial charge in [-0.15, -0.1) is 0 Å². The molecule has 1 aromatic rings. The lowest BCUT2D eigenvalue weighted by Crippen LogP contribution is -2.42. The lowest BCUT2D eigenvalue weighted by atomic mass is 9.95. The van der Waals surface area contributed by atoms with Crippen molar-refractivity contribution in [1.29, 1.82) is 0 Å². The molecule has 0 aromatic heterocycles. The third-order valence-corrected chi connectivity index (χ3v) is 4.56. The number of hydrogen-bond acceptors (Lipinski definition) is 3. The molecular weight excluding hydrogens is 310 g/mol. The Balaban J connectivity index is 2.11. The molecule has 1 aromatic carbocycles. The number of para-hydroxylation sites is 1. The van der Waals surface area contributed by atoms with Gasteiger partial charge >= 0.3 is 0 Å². The number of phenolic OH excluding ortho intramolecular Hbond substituents is 1. The zero-order chi connectivity index (χ0) is 13.8. The third-order valence-electron chi connectivity index (χ3n) is 3.46. The number of alkyl halides is 1. The summed E-state index contributed by atoms with van der Waals surface area (Å²) < 4.78 is 5.01. The fourth-order valence-corrected chi connectivity index (χ4v) is 3.08. The minimum atomic E-state index is -0.257. The van der Waals surface area contributed by atoms with Crippen molar-refractivity contribution in [1.82, 2.24) is 5.32 Å². The number of rotatable bonds is 3. The predicted octanol–water partition coefficient (Wildman–Crippen LogP) is 2.84. The summed E-state index contributed by atoms with van der Waals surface area (Å²) in [7, 11) is 1.46. The fourth-order valence-electron chi connectivity index (χ4n) is 2.36. The van der Waals surface area contributed by atoms with Crippen LogP contribution in [-0.2, 0) is 0 Å². The lowest BCUT2D eigenvalue weighted by molar-refractivity contribution is 0.0926. The monoisotopic (exact) mass is 327 g/mol. The normalized spacial score (nSPS) is 22.8. The summed E-state index contributed by atoms with van der Waals surface area (Å²) in [4.78, 5) is 12.5. The SMILES string of the molecule is COc1cccc(C(=O)NC2CCCCC2Br)c1O. The van der Waals surface area contributed by atoms with Gasteiger partial charge in [-0.05, 0) is 25.0 Å². The average molecular weight is 328 g/mol. The van der Waals surface area contributed by atoms with E-state index in [2.05, 4.69) is 21.2 Å². The summed E-state index contributed by atoms with van der Waals surface area (Å²) in [6.45, 7) is 0. The minimum absolute atomic E-state index is 0.107. The van der Waals surface area contributed by atoms with Crippen LogP contribution in [0.3, 0.4) is 0 Å². The summed E-state index contributed by atoms with van der Waals surface area (Å²) in [6, 6.07) is 5.03. The first-order chi connectivity index (χ1) is 9.13. The summed E-state index contributed by atoms with van der Waals surface area (Å²) in [5.41, 5.74) is 0.254. The van der Waals surface area contributed by atoms with Crippen molar-refractivity contribution >= 4 is 21.8 Å². The van der Waals surface area contributed by atoms with Crippen molar-refractivity contribution in [3.8, 4) is 11.5 Å². The number of amides is 1. The maximum atomic E-state index is 12.2. The van der Waals surface area contributed by atoms with Gasteiger partial charge in [0.05, 0.1) is 12.7 Å². The number of benzene rings is 1. The summed E-state index contributed by atoms with van der Waals surface area (Å²) in [5, 5.41) is 12.9. The van der Waals surface area contributed by atoms with Gasteiger partial charge in [-0.1, -0.05) is 34.8 Å². The molecular formula is C14H18BrNO3. The number of hydrogen-bond donors (Lipinski definition) is 2. The quantitative estimate of drug-likeness (QED) is 0.839. The van der Waals surface area contributed by atoms with E-state index in [1.165, 1.54) is 13.5 Å². The van der Waals surface area contributed by atoms with Crippen LogP contribution < -0.4 is 10.1 Å². The molecule has 2 unspecified atom stereocenters. The van der Waals surface area contributed by atoms with E-state index in [0.29, 0.717) is 10.6 Å². The Morgan fingerprint density at radius 1 is 1.42 bits per heavy atom. The van der Waals surface area contributed by atoms with E-state index in [1.54, 1.807) is 18.2 Å². The van der Waals surface area contributed by atoms with Crippen molar-refractivity contribution in [3.05, 3.63) is 23.8 Å². The van der Waals surface area contributed by atoms with E-state index in [4.69, 9.17) is 4.74 Å². The van der Waals surface area contributed by atoms with Crippen molar-refractivity contribution in [2.75, 3.05) is 7.11 Å². The average Bonchev–Trinajstić information content (AvgIpc) is 2.41. The van der Waals surface area contributed by atoms with Crippen LogP contribution in [0, 0.1) is 0 Å². The number of methoxy groups -OCH3 is 1. The van der Waals surface area contributed by atoms with Gasteiger partial charge < -0.3 is 15.2 Å². The molecule has 2 N–H and O–H groups in total. The van der Waals surface area contributed by atoms with Crippen LogP contribution in [0.15, 0.2) is 18.2 Å². The fraction of sp³-hybridized carbons (Fsp3) is 0.500. The van der Waals surface area contributed by atoms with E-state index in [0.717, 1.165) is 19.3 Å². The molecule has 2 atom stereocenters. The highest BCUT2D eigenvalue weighted by Gasteiger charge is 2.25. The Hall–Kier alpha value is -1.23. The van der Waals surface area contributed by atoms with E-state index in [-0.39, 0.29) is 23.3 Å². The van der Waals surface area contributed by atoms with Gasteiger partial charge in [-0.25, -0.2) is 0 Å². The number of halogens is 1. The van der Waals surface area contributed by atoms with E-state index >= 15 is 0 Å². The highest BCUT2D eigenvalue weighted by Crippen LogP contribution is 2.30. The second kappa shape index (κ2) is 6.28. The molecule has 1 saturated carbocycles. The van der Waals surface area contributed by atoms with Gasteiger partial charge in [0.1, 0.15) is 0 Å². The second-order valence-corrected chi connectivity index (χ2v) is 5.91. The number of phenols is 1. The van der Waals surface area contributed by atoms with Gasteiger partial charge in [0, 0.05) is 10.9 Å². The molecule has 1 fully saturated rings. The maximum absolute atomic E-state index is 12.2. The number of ether oxygens (including phenoxy) is 1. The summed E-state index contributed by atoms with van der Waals surface area (Å²) >= 11 is 3.60. The molecule has 19 heavy (non-hydrogen) atoms. The minimum Gasteiger partial charge on any atom is -0.504 e. The summed E-state index contributed by atoms with van der Waals surface area (Å²) in [6.07, 6.45) is 4.34. The molecule has 1 aliphatic carbocycles. The first-order valence-electron chi connectivity index (χ1n) is 6.44. The van der Waals surface area contributed by atoms with Crippen molar-refractivity contribution < 1.29 is 14.6 Å². The molecule has 0 bridgehead atoms. The number of carbonyl (C=O) groups is 1. The van der Waals surface area contributed by atoms with Crippen LogP contribution in [0.1, 0.15) is 36.0 Å². The third kappa shape index (κ3) is 3.21.